The van der Waals surface area contributed by atoms with Crippen LogP contribution in [0.3, 0.4) is 0 Å². The predicted molar refractivity (Wildman–Crippen MR) is 77.2 cm³/mol. The topological polar surface area (TPSA) is 69.5 Å². The molecule has 4 rings (SSSR count). The third kappa shape index (κ3) is 2.77. The summed E-state index contributed by atoms with van der Waals surface area (Å²) in [4.78, 5) is 14.1. The molecule has 0 saturated carbocycles. The number of amides is 1. The molecule has 0 atom stereocenters. The molecule has 1 aromatic carbocycles. The van der Waals surface area contributed by atoms with Crippen molar-refractivity contribution in [2.45, 2.75) is 19.3 Å². The monoisotopic (exact) mass is 354 g/mol. The lowest BCUT2D eigenvalue weighted by atomic mass is 10.1. The van der Waals surface area contributed by atoms with E-state index in [4.69, 9.17) is 9.47 Å². The molecule has 25 heavy (non-hydrogen) atoms. The molecule has 10 heteroatoms. The van der Waals surface area contributed by atoms with Crippen LogP contribution in [0.15, 0.2) is 18.2 Å². The molecule has 0 spiro atoms. The average Bonchev–Trinajstić information content (AvgIpc) is 3.04. The lowest BCUT2D eigenvalue weighted by Gasteiger charge is -2.28. The maximum atomic E-state index is 12.9. The van der Waals surface area contributed by atoms with Gasteiger partial charge in [0.05, 0.1) is 6.54 Å². The van der Waals surface area contributed by atoms with Gasteiger partial charge in [0, 0.05) is 18.7 Å². The van der Waals surface area contributed by atoms with Crippen LogP contribution < -0.4 is 9.47 Å². The van der Waals surface area contributed by atoms with Crippen LogP contribution in [0.4, 0.5) is 13.2 Å². The van der Waals surface area contributed by atoms with Crippen molar-refractivity contribution in [3.05, 3.63) is 35.4 Å². The van der Waals surface area contributed by atoms with Crippen LogP contribution in [-0.2, 0) is 19.3 Å². The molecule has 2 aromatic rings. The van der Waals surface area contributed by atoms with Gasteiger partial charge in [-0.3, -0.25) is 4.79 Å². The summed E-state index contributed by atoms with van der Waals surface area (Å²) in [6.45, 7) is 0.951. The van der Waals surface area contributed by atoms with Crippen molar-refractivity contribution < 1.29 is 27.4 Å². The van der Waals surface area contributed by atoms with Crippen LogP contribution >= 0.6 is 0 Å². The highest BCUT2D eigenvalue weighted by atomic mass is 19.4. The van der Waals surface area contributed by atoms with Gasteiger partial charge in [0.1, 0.15) is 13.2 Å². The zero-order valence-electron chi connectivity index (χ0n) is 12.9. The first kappa shape index (κ1) is 15.7. The molecule has 132 valence electrons. The van der Waals surface area contributed by atoms with E-state index >= 15 is 0 Å². The van der Waals surface area contributed by atoms with Gasteiger partial charge in [0.25, 0.3) is 5.91 Å². The highest BCUT2D eigenvalue weighted by Crippen LogP contribution is 2.32. The third-order valence-corrected chi connectivity index (χ3v) is 4.08. The Labute approximate surface area is 140 Å². The standard InChI is InChI=1S/C15H13F3N4O3/c16-15(17,18)14-20-19-12-8-21(3-4-22(12)14)13(23)9-1-2-10-11(7-9)25-6-5-24-10/h1-2,7H,3-6,8H2. The van der Waals surface area contributed by atoms with Crippen LogP contribution in [0.1, 0.15) is 22.0 Å². The number of halogens is 3. The number of alkyl halides is 3. The van der Waals surface area contributed by atoms with Gasteiger partial charge in [-0.25, -0.2) is 0 Å². The number of rotatable bonds is 1. The van der Waals surface area contributed by atoms with Gasteiger partial charge < -0.3 is 18.9 Å². The van der Waals surface area contributed by atoms with E-state index in [0.29, 0.717) is 30.3 Å². The van der Waals surface area contributed by atoms with Crippen LogP contribution in [0.2, 0.25) is 0 Å². The fourth-order valence-corrected chi connectivity index (χ4v) is 2.90. The maximum Gasteiger partial charge on any atom is 0.451 e. The van der Waals surface area contributed by atoms with Gasteiger partial charge in [0.2, 0.25) is 5.82 Å². The number of nitrogens with zero attached hydrogens (tertiary/aromatic N) is 4. The summed E-state index contributed by atoms with van der Waals surface area (Å²) in [5.74, 6) is -0.175. The fraction of sp³-hybridized carbons (Fsp3) is 0.400. The summed E-state index contributed by atoms with van der Waals surface area (Å²) < 4.78 is 50.4. The van der Waals surface area contributed by atoms with Crippen molar-refractivity contribution in [1.82, 2.24) is 19.7 Å². The van der Waals surface area contributed by atoms with Crippen LogP contribution in [-0.4, -0.2) is 45.3 Å². The Kier molecular flexibility index (Phi) is 3.55. The molecule has 0 aliphatic carbocycles. The van der Waals surface area contributed by atoms with Crippen molar-refractivity contribution >= 4 is 5.91 Å². The number of carbonyl (C=O) groups excluding carboxylic acids is 1. The van der Waals surface area contributed by atoms with E-state index in [2.05, 4.69) is 10.2 Å². The van der Waals surface area contributed by atoms with Crippen molar-refractivity contribution in [3.63, 3.8) is 0 Å². The molecule has 0 N–H and O–H groups in total. The van der Waals surface area contributed by atoms with E-state index in [1.54, 1.807) is 18.2 Å². The molecular weight excluding hydrogens is 341 g/mol. The highest BCUT2D eigenvalue weighted by molar-refractivity contribution is 5.95. The minimum absolute atomic E-state index is 0.00648. The van der Waals surface area contributed by atoms with Gasteiger partial charge >= 0.3 is 6.18 Å². The predicted octanol–water partition coefficient (Wildman–Crippen LogP) is 1.72. The third-order valence-electron chi connectivity index (χ3n) is 4.08. The second-order valence-corrected chi connectivity index (χ2v) is 5.67. The Balaban J connectivity index is 1.56. The summed E-state index contributed by atoms with van der Waals surface area (Å²) in [5.41, 5.74) is 0.383. The largest absolute Gasteiger partial charge is 0.486 e. The Morgan fingerprint density at radius 2 is 1.84 bits per heavy atom. The van der Waals surface area contributed by atoms with E-state index in [1.165, 1.54) is 4.90 Å². The fourth-order valence-electron chi connectivity index (χ4n) is 2.90. The lowest BCUT2D eigenvalue weighted by Crippen LogP contribution is -2.39. The number of fused-ring (bicyclic) bond motifs is 2. The van der Waals surface area contributed by atoms with Crippen molar-refractivity contribution in [2.24, 2.45) is 0 Å². The van der Waals surface area contributed by atoms with Gasteiger partial charge in [-0.1, -0.05) is 0 Å². The molecular formula is C15H13F3N4O3. The molecule has 0 unspecified atom stereocenters. The molecule has 3 heterocycles. The average molecular weight is 354 g/mol. The van der Waals surface area contributed by atoms with Crippen molar-refractivity contribution in [3.8, 4) is 11.5 Å². The maximum absolute atomic E-state index is 12.9. The highest BCUT2D eigenvalue weighted by Gasteiger charge is 2.40. The van der Waals surface area contributed by atoms with Gasteiger partial charge in [-0.15, -0.1) is 10.2 Å². The molecule has 0 radical (unpaired) electrons. The minimum atomic E-state index is -4.56. The first-order valence-corrected chi connectivity index (χ1v) is 7.61. The van der Waals surface area contributed by atoms with Gasteiger partial charge in [0.15, 0.2) is 17.3 Å². The van der Waals surface area contributed by atoms with Crippen molar-refractivity contribution in [1.29, 1.82) is 0 Å². The van der Waals surface area contributed by atoms with Crippen LogP contribution in [0.25, 0.3) is 0 Å². The second-order valence-electron chi connectivity index (χ2n) is 5.67. The smallest absolute Gasteiger partial charge is 0.451 e. The Bertz CT molecular complexity index is 834. The Morgan fingerprint density at radius 3 is 2.60 bits per heavy atom. The molecule has 1 aromatic heterocycles. The number of ether oxygens (including phenoxy) is 2. The zero-order valence-corrected chi connectivity index (χ0v) is 12.9. The zero-order chi connectivity index (χ0) is 17.6. The van der Waals surface area contributed by atoms with E-state index in [1.807, 2.05) is 0 Å². The molecule has 2 aliphatic heterocycles. The number of benzene rings is 1. The number of hydrogen-bond donors (Lipinski definition) is 0. The van der Waals surface area contributed by atoms with Crippen LogP contribution in [0, 0.1) is 0 Å². The first-order valence-electron chi connectivity index (χ1n) is 7.61. The van der Waals surface area contributed by atoms with Crippen molar-refractivity contribution in [2.75, 3.05) is 19.8 Å². The van der Waals surface area contributed by atoms with E-state index in [9.17, 15) is 18.0 Å². The molecule has 2 aliphatic rings. The quantitative estimate of drug-likeness (QED) is 0.780. The normalized spacial score (nSPS) is 16.5. The lowest BCUT2D eigenvalue weighted by molar-refractivity contribution is -0.147. The Morgan fingerprint density at radius 1 is 1.08 bits per heavy atom. The molecule has 0 saturated heterocycles. The number of aromatic nitrogens is 3. The van der Waals surface area contributed by atoms with E-state index in [-0.39, 0.29) is 31.4 Å². The van der Waals surface area contributed by atoms with Crippen LogP contribution in [0.5, 0.6) is 11.5 Å². The summed E-state index contributed by atoms with van der Waals surface area (Å²) in [7, 11) is 0. The number of carbonyl (C=O) groups is 1. The summed E-state index contributed by atoms with van der Waals surface area (Å²) in [5, 5.41) is 6.78. The number of hydrogen-bond acceptors (Lipinski definition) is 5. The molecule has 0 bridgehead atoms. The summed E-state index contributed by atoms with van der Waals surface area (Å²) in [6.07, 6.45) is -4.56. The van der Waals surface area contributed by atoms with E-state index in [0.717, 1.165) is 4.57 Å². The molecule has 1 amide bonds. The first-order chi connectivity index (χ1) is 11.9. The molecule has 7 nitrogen and oxygen atoms in total. The summed E-state index contributed by atoms with van der Waals surface area (Å²) >= 11 is 0. The van der Waals surface area contributed by atoms with Gasteiger partial charge in [-0.05, 0) is 18.2 Å². The SMILES string of the molecule is O=C(c1ccc2c(c1)OCCO2)N1CCn2c(nnc2C(F)(F)F)C1. The minimum Gasteiger partial charge on any atom is -0.486 e. The van der Waals surface area contributed by atoms with E-state index < -0.39 is 12.0 Å². The summed E-state index contributed by atoms with van der Waals surface area (Å²) in [6, 6.07) is 4.84. The second kappa shape index (κ2) is 5.64. The van der Waals surface area contributed by atoms with Gasteiger partial charge in [-0.2, -0.15) is 13.2 Å². The molecule has 0 fully saturated rings. The Hall–Kier alpha value is -2.78.